The van der Waals surface area contributed by atoms with E-state index in [1.54, 1.807) is 6.07 Å². The monoisotopic (exact) mass is 369 g/mol. The number of hydrogen-bond donors (Lipinski definition) is 3. The first kappa shape index (κ1) is 20.4. The molecule has 0 aliphatic rings. The highest BCUT2D eigenvalue weighted by Crippen LogP contribution is 2.42. The van der Waals surface area contributed by atoms with Gasteiger partial charge in [-0.05, 0) is 40.7 Å². The number of carbonyl (C=O) groups is 1. The molecular formula is C21H27N3O3. The van der Waals surface area contributed by atoms with E-state index >= 15 is 0 Å². The number of carboxylic acid groups (broad SMARTS) is 1. The van der Waals surface area contributed by atoms with Gasteiger partial charge >= 0.3 is 5.97 Å². The molecule has 0 saturated carbocycles. The number of nitrogens with two attached hydrogens (primary N) is 1. The molecule has 0 unspecified atom stereocenters. The summed E-state index contributed by atoms with van der Waals surface area (Å²) in [5.41, 5.74) is 8.21. The molecule has 6 nitrogen and oxygen atoms in total. The van der Waals surface area contributed by atoms with E-state index in [4.69, 9.17) is 10.8 Å². The molecule has 0 bridgehead atoms. The number of benzene rings is 2. The van der Waals surface area contributed by atoms with E-state index in [-0.39, 0.29) is 27.8 Å². The van der Waals surface area contributed by atoms with Gasteiger partial charge in [-0.1, -0.05) is 47.6 Å². The first-order valence-corrected chi connectivity index (χ1v) is 8.73. The number of anilines is 1. The number of hydrogen-bond acceptors (Lipinski definition) is 5. The average Bonchev–Trinajstić information content (AvgIpc) is 2.52. The van der Waals surface area contributed by atoms with Gasteiger partial charge in [0.1, 0.15) is 17.1 Å². The van der Waals surface area contributed by atoms with Crippen LogP contribution in [0.2, 0.25) is 0 Å². The van der Waals surface area contributed by atoms with Gasteiger partial charge in [-0.25, -0.2) is 4.79 Å². The van der Waals surface area contributed by atoms with E-state index in [0.717, 1.165) is 11.1 Å². The van der Waals surface area contributed by atoms with E-state index in [0.29, 0.717) is 11.4 Å². The second-order valence-electron chi connectivity index (χ2n) is 8.67. The van der Waals surface area contributed by atoms with Gasteiger partial charge in [0, 0.05) is 5.56 Å². The minimum Gasteiger partial charge on any atom is -0.505 e. The Morgan fingerprint density at radius 3 is 2.04 bits per heavy atom. The fraction of sp³-hybridized carbons (Fsp3) is 0.381. The lowest BCUT2D eigenvalue weighted by molar-refractivity contribution is 0.0697. The molecule has 0 spiro atoms. The summed E-state index contributed by atoms with van der Waals surface area (Å²) in [4.78, 5) is 11.1. The molecule has 4 N–H and O–H groups in total. The molecule has 27 heavy (non-hydrogen) atoms. The maximum absolute atomic E-state index is 11.1. The third-order valence-electron chi connectivity index (χ3n) is 4.31. The summed E-state index contributed by atoms with van der Waals surface area (Å²) in [6, 6.07) is 8.03. The van der Waals surface area contributed by atoms with Crippen molar-refractivity contribution in [1.29, 1.82) is 0 Å². The highest BCUT2D eigenvalue weighted by molar-refractivity contribution is 5.90. The summed E-state index contributed by atoms with van der Waals surface area (Å²) in [5.74, 6) is -1.01. The van der Waals surface area contributed by atoms with Crippen molar-refractivity contribution in [2.75, 3.05) is 5.73 Å². The third kappa shape index (κ3) is 4.64. The fourth-order valence-electron chi connectivity index (χ4n) is 2.57. The molecule has 0 aliphatic heterocycles. The van der Waals surface area contributed by atoms with Crippen LogP contribution < -0.4 is 5.73 Å². The normalized spacial score (nSPS) is 12.5. The van der Waals surface area contributed by atoms with Crippen molar-refractivity contribution in [3.63, 3.8) is 0 Å². The molecule has 2 rings (SSSR count). The molecule has 144 valence electrons. The van der Waals surface area contributed by atoms with Gasteiger partial charge in [0.05, 0.1) is 11.3 Å². The van der Waals surface area contributed by atoms with Crippen LogP contribution in [0.1, 0.15) is 63.0 Å². The lowest BCUT2D eigenvalue weighted by atomic mass is 9.80. The molecule has 0 saturated heterocycles. The lowest BCUT2D eigenvalue weighted by Gasteiger charge is -2.26. The zero-order chi connectivity index (χ0) is 20.6. The minimum absolute atomic E-state index is 0.0622. The fourth-order valence-corrected chi connectivity index (χ4v) is 2.57. The zero-order valence-electron chi connectivity index (χ0n) is 16.7. The summed E-state index contributed by atoms with van der Waals surface area (Å²) in [7, 11) is 0. The van der Waals surface area contributed by atoms with Crippen molar-refractivity contribution in [3.8, 4) is 5.75 Å². The number of phenolic OH excluding ortho intramolecular Hbond substituents is 1. The van der Waals surface area contributed by atoms with Crippen LogP contribution in [0.5, 0.6) is 5.75 Å². The Kier molecular flexibility index (Phi) is 5.31. The maximum atomic E-state index is 11.1. The van der Waals surface area contributed by atoms with Gasteiger partial charge in [-0.15, -0.1) is 10.2 Å². The van der Waals surface area contributed by atoms with Crippen LogP contribution in [0.25, 0.3) is 0 Å². The molecule has 2 aromatic rings. The van der Waals surface area contributed by atoms with E-state index in [1.807, 2.05) is 26.8 Å². The summed E-state index contributed by atoms with van der Waals surface area (Å²) in [5, 5.41) is 28.1. The van der Waals surface area contributed by atoms with E-state index in [2.05, 4.69) is 31.0 Å². The number of phenols is 1. The van der Waals surface area contributed by atoms with Crippen LogP contribution in [0.3, 0.4) is 0 Å². The van der Waals surface area contributed by atoms with Crippen LogP contribution >= 0.6 is 0 Å². The summed E-state index contributed by atoms with van der Waals surface area (Å²) in [6.07, 6.45) is 0. The second kappa shape index (κ2) is 7.02. The van der Waals surface area contributed by atoms with Crippen molar-refractivity contribution in [2.24, 2.45) is 10.2 Å². The SMILES string of the molecule is CC(C)(C)c1cc(N=Nc2cc(C(=O)O)ccc2N)c(O)c(C(C)(C)C)c1. The van der Waals surface area contributed by atoms with Crippen molar-refractivity contribution >= 4 is 23.0 Å². The number of azo groups is 1. The van der Waals surface area contributed by atoms with Gasteiger partial charge in [0.15, 0.2) is 0 Å². The molecule has 6 heteroatoms. The largest absolute Gasteiger partial charge is 0.505 e. The first-order chi connectivity index (χ1) is 12.3. The highest BCUT2D eigenvalue weighted by atomic mass is 16.4. The van der Waals surface area contributed by atoms with Gasteiger partial charge in [-0.3, -0.25) is 0 Å². The van der Waals surface area contributed by atoms with Crippen LogP contribution in [-0.2, 0) is 10.8 Å². The van der Waals surface area contributed by atoms with E-state index in [9.17, 15) is 9.90 Å². The Labute approximate surface area is 159 Å². The van der Waals surface area contributed by atoms with Crippen molar-refractivity contribution < 1.29 is 15.0 Å². The zero-order valence-corrected chi connectivity index (χ0v) is 16.7. The average molecular weight is 369 g/mol. The molecule has 0 aliphatic carbocycles. The van der Waals surface area contributed by atoms with Crippen LogP contribution in [-0.4, -0.2) is 16.2 Å². The highest BCUT2D eigenvalue weighted by Gasteiger charge is 2.25. The molecular weight excluding hydrogens is 342 g/mol. The quantitative estimate of drug-likeness (QED) is 0.477. The number of nitrogens with zero attached hydrogens (tertiary/aromatic N) is 2. The lowest BCUT2D eigenvalue weighted by Crippen LogP contribution is -2.16. The van der Waals surface area contributed by atoms with Gasteiger partial charge in [0.25, 0.3) is 0 Å². The predicted octanol–water partition coefficient (Wildman–Crippen LogP) is 5.68. The number of nitrogen functional groups attached to an aromatic ring is 1. The summed E-state index contributed by atoms with van der Waals surface area (Å²) >= 11 is 0. The summed E-state index contributed by atoms with van der Waals surface area (Å²) < 4.78 is 0. The van der Waals surface area contributed by atoms with Crippen molar-refractivity contribution in [1.82, 2.24) is 0 Å². The Balaban J connectivity index is 2.60. The van der Waals surface area contributed by atoms with Crippen LogP contribution in [0.4, 0.5) is 17.1 Å². The Morgan fingerprint density at radius 1 is 0.926 bits per heavy atom. The molecule has 2 aromatic carbocycles. The molecule has 0 heterocycles. The van der Waals surface area contributed by atoms with E-state index < -0.39 is 5.97 Å². The predicted molar refractivity (Wildman–Crippen MR) is 107 cm³/mol. The molecule has 0 fully saturated rings. The minimum atomic E-state index is -1.07. The number of aromatic hydroxyl groups is 1. The standard InChI is InChI=1S/C21H27N3O3/c1-20(2,3)13-10-14(21(4,5)6)18(25)17(11-13)24-23-16-9-12(19(26)27)7-8-15(16)22/h7-11,25H,22H2,1-6H3,(H,26,27). The first-order valence-electron chi connectivity index (χ1n) is 8.73. The van der Waals surface area contributed by atoms with Crippen LogP contribution in [0, 0.1) is 0 Å². The Morgan fingerprint density at radius 2 is 1.52 bits per heavy atom. The molecule has 0 aromatic heterocycles. The number of carboxylic acids is 1. The van der Waals surface area contributed by atoms with Crippen molar-refractivity contribution in [3.05, 3.63) is 47.0 Å². The second-order valence-corrected chi connectivity index (χ2v) is 8.67. The Bertz CT molecular complexity index is 904. The Hall–Kier alpha value is -2.89. The maximum Gasteiger partial charge on any atom is 0.335 e. The number of aromatic carboxylic acids is 1. The molecule has 0 amide bonds. The van der Waals surface area contributed by atoms with Gasteiger partial charge in [-0.2, -0.15) is 0 Å². The van der Waals surface area contributed by atoms with Gasteiger partial charge < -0.3 is 15.9 Å². The third-order valence-corrected chi connectivity index (χ3v) is 4.31. The molecule has 0 radical (unpaired) electrons. The van der Waals surface area contributed by atoms with Crippen LogP contribution in [0.15, 0.2) is 40.6 Å². The van der Waals surface area contributed by atoms with Crippen molar-refractivity contribution in [2.45, 2.75) is 52.4 Å². The number of rotatable bonds is 3. The smallest absolute Gasteiger partial charge is 0.335 e. The molecule has 0 atom stereocenters. The van der Waals surface area contributed by atoms with Gasteiger partial charge in [0.2, 0.25) is 0 Å². The summed E-state index contributed by atoms with van der Waals surface area (Å²) in [6.45, 7) is 12.3. The topological polar surface area (TPSA) is 108 Å². The van der Waals surface area contributed by atoms with E-state index in [1.165, 1.54) is 18.2 Å².